The van der Waals surface area contributed by atoms with Gasteiger partial charge in [0.05, 0.1) is 11.9 Å². The first-order valence-corrected chi connectivity index (χ1v) is 9.50. The second-order valence-electron chi connectivity index (χ2n) is 6.13. The highest BCUT2D eigenvalue weighted by atomic mass is 32.2. The van der Waals surface area contributed by atoms with Crippen molar-refractivity contribution >= 4 is 27.2 Å². The zero-order valence-electron chi connectivity index (χ0n) is 15.0. The van der Waals surface area contributed by atoms with Gasteiger partial charge in [-0.15, -0.1) is 0 Å². The Morgan fingerprint density at radius 3 is 2.42 bits per heavy atom. The average molecular weight is 372 g/mol. The molecule has 0 saturated carbocycles. The average Bonchev–Trinajstić information content (AvgIpc) is 2.92. The SMILES string of the molecule is Cc1ccc(C)c(Nc2ccc(NS(=O)(=O)c3c(C)noc3C)cn2)c1. The molecular formula is C18H20N4O3S. The molecule has 0 aliphatic carbocycles. The first-order valence-electron chi connectivity index (χ1n) is 8.02. The maximum absolute atomic E-state index is 12.5. The Hall–Kier alpha value is -2.87. The summed E-state index contributed by atoms with van der Waals surface area (Å²) in [6.45, 7) is 7.17. The van der Waals surface area contributed by atoms with E-state index in [-0.39, 0.29) is 10.7 Å². The van der Waals surface area contributed by atoms with Crippen LogP contribution in [0.25, 0.3) is 0 Å². The molecule has 3 aromatic rings. The monoisotopic (exact) mass is 372 g/mol. The maximum Gasteiger partial charge on any atom is 0.267 e. The number of benzene rings is 1. The predicted octanol–water partition coefficient (Wildman–Crippen LogP) is 3.85. The molecule has 0 aliphatic rings. The van der Waals surface area contributed by atoms with Crippen molar-refractivity contribution < 1.29 is 12.9 Å². The highest BCUT2D eigenvalue weighted by Gasteiger charge is 2.24. The Labute approximate surface area is 152 Å². The van der Waals surface area contributed by atoms with Gasteiger partial charge >= 0.3 is 0 Å². The van der Waals surface area contributed by atoms with Crippen molar-refractivity contribution in [3.63, 3.8) is 0 Å². The molecule has 0 saturated heterocycles. The lowest BCUT2D eigenvalue weighted by Crippen LogP contribution is -2.14. The largest absolute Gasteiger partial charge is 0.360 e. The van der Waals surface area contributed by atoms with Crippen LogP contribution in [0.4, 0.5) is 17.2 Å². The zero-order chi connectivity index (χ0) is 18.9. The van der Waals surface area contributed by atoms with E-state index in [0.29, 0.717) is 17.2 Å². The summed E-state index contributed by atoms with van der Waals surface area (Å²) in [6.07, 6.45) is 1.46. The number of aryl methyl sites for hydroxylation is 4. The van der Waals surface area contributed by atoms with E-state index in [1.165, 1.54) is 6.20 Å². The number of rotatable bonds is 5. The Balaban J connectivity index is 1.79. The number of nitrogens with zero attached hydrogens (tertiary/aromatic N) is 2. The number of sulfonamides is 1. The van der Waals surface area contributed by atoms with Crippen LogP contribution in [-0.4, -0.2) is 18.6 Å². The van der Waals surface area contributed by atoms with Crippen molar-refractivity contribution in [3.05, 3.63) is 59.1 Å². The number of anilines is 3. The Morgan fingerprint density at radius 1 is 1.04 bits per heavy atom. The van der Waals surface area contributed by atoms with Gasteiger partial charge in [0.15, 0.2) is 10.7 Å². The van der Waals surface area contributed by atoms with Crippen LogP contribution in [-0.2, 0) is 10.0 Å². The maximum atomic E-state index is 12.5. The van der Waals surface area contributed by atoms with Gasteiger partial charge < -0.3 is 9.84 Å². The van der Waals surface area contributed by atoms with E-state index < -0.39 is 10.0 Å². The van der Waals surface area contributed by atoms with Crippen molar-refractivity contribution in [3.8, 4) is 0 Å². The van der Waals surface area contributed by atoms with Crippen molar-refractivity contribution in [1.29, 1.82) is 0 Å². The summed E-state index contributed by atoms with van der Waals surface area (Å²) in [5.41, 5.74) is 3.87. The molecule has 26 heavy (non-hydrogen) atoms. The number of hydrogen-bond donors (Lipinski definition) is 2. The van der Waals surface area contributed by atoms with E-state index >= 15 is 0 Å². The molecule has 2 N–H and O–H groups in total. The molecule has 0 amide bonds. The molecule has 0 radical (unpaired) electrons. The van der Waals surface area contributed by atoms with Gasteiger partial charge in [-0.25, -0.2) is 13.4 Å². The molecular weight excluding hydrogens is 352 g/mol. The number of nitrogens with one attached hydrogen (secondary N) is 2. The van der Waals surface area contributed by atoms with Gasteiger partial charge in [-0.3, -0.25) is 4.72 Å². The Bertz CT molecular complexity index is 1020. The molecule has 136 valence electrons. The molecule has 1 aromatic carbocycles. The minimum absolute atomic E-state index is 0.0510. The molecule has 2 aromatic heterocycles. The standard InChI is InChI=1S/C18H20N4O3S/c1-11-5-6-12(2)16(9-11)20-17-8-7-15(10-19-17)22-26(23,24)18-13(3)21-25-14(18)4/h5-10,22H,1-4H3,(H,19,20). The fourth-order valence-electron chi connectivity index (χ4n) is 2.60. The van der Waals surface area contributed by atoms with Crippen molar-refractivity contribution in [2.75, 3.05) is 10.0 Å². The van der Waals surface area contributed by atoms with E-state index in [4.69, 9.17) is 4.52 Å². The summed E-state index contributed by atoms with van der Waals surface area (Å²) in [6, 6.07) is 9.47. The van der Waals surface area contributed by atoms with Crippen LogP contribution in [0.5, 0.6) is 0 Å². The fourth-order valence-corrected chi connectivity index (χ4v) is 3.98. The summed E-state index contributed by atoms with van der Waals surface area (Å²) in [5, 5.41) is 6.92. The molecule has 2 heterocycles. The minimum Gasteiger partial charge on any atom is -0.360 e. The summed E-state index contributed by atoms with van der Waals surface area (Å²) in [4.78, 5) is 4.33. The van der Waals surface area contributed by atoms with Gasteiger partial charge in [0.2, 0.25) is 0 Å². The van der Waals surface area contributed by atoms with Gasteiger partial charge in [-0.2, -0.15) is 0 Å². The smallest absolute Gasteiger partial charge is 0.267 e. The lowest BCUT2D eigenvalue weighted by Gasteiger charge is -2.11. The lowest BCUT2D eigenvalue weighted by atomic mass is 10.1. The summed E-state index contributed by atoms with van der Waals surface area (Å²) < 4.78 is 32.4. The topological polar surface area (TPSA) is 97.1 Å². The third-order valence-electron chi connectivity index (χ3n) is 3.91. The normalized spacial score (nSPS) is 11.4. The second-order valence-corrected chi connectivity index (χ2v) is 7.75. The third-order valence-corrected chi connectivity index (χ3v) is 5.53. The minimum atomic E-state index is -3.78. The van der Waals surface area contributed by atoms with Crippen LogP contribution < -0.4 is 10.0 Å². The van der Waals surface area contributed by atoms with Crippen LogP contribution in [0.2, 0.25) is 0 Å². The first-order chi connectivity index (χ1) is 12.3. The van der Waals surface area contributed by atoms with Crippen LogP contribution >= 0.6 is 0 Å². The number of aromatic nitrogens is 2. The number of pyridine rings is 1. The van der Waals surface area contributed by atoms with Crippen molar-refractivity contribution in [2.24, 2.45) is 0 Å². The highest BCUT2D eigenvalue weighted by Crippen LogP contribution is 2.24. The van der Waals surface area contributed by atoms with E-state index in [1.54, 1.807) is 26.0 Å². The molecule has 0 bridgehead atoms. The third kappa shape index (κ3) is 3.70. The van der Waals surface area contributed by atoms with Gasteiger partial charge in [-0.05, 0) is 57.0 Å². The molecule has 0 fully saturated rings. The van der Waals surface area contributed by atoms with E-state index in [9.17, 15) is 8.42 Å². The van der Waals surface area contributed by atoms with Crippen LogP contribution in [0.3, 0.4) is 0 Å². The molecule has 0 spiro atoms. The Kier molecular flexibility index (Phi) is 4.69. The summed E-state index contributed by atoms with van der Waals surface area (Å²) in [5.74, 6) is 0.871. The van der Waals surface area contributed by atoms with Crippen molar-refractivity contribution in [2.45, 2.75) is 32.6 Å². The summed E-state index contributed by atoms with van der Waals surface area (Å²) >= 11 is 0. The highest BCUT2D eigenvalue weighted by molar-refractivity contribution is 7.92. The Morgan fingerprint density at radius 2 is 1.81 bits per heavy atom. The van der Waals surface area contributed by atoms with Crippen LogP contribution in [0, 0.1) is 27.7 Å². The van der Waals surface area contributed by atoms with Crippen molar-refractivity contribution in [1.82, 2.24) is 10.1 Å². The van der Waals surface area contributed by atoms with E-state index in [1.807, 2.05) is 32.0 Å². The van der Waals surface area contributed by atoms with Gasteiger partial charge in [-0.1, -0.05) is 17.3 Å². The zero-order valence-corrected chi connectivity index (χ0v) is 15.8. The lowest BCUT2D eigenvalue weighted by molar-refractivity contribution is 0.390. The predicted molar refractivity (Wildman–Crippen MR) is 100 cm³/mol. The van der Waals surface area contributed by atoms with Crippen LogP contribution in [0.15, 0.2) is 45.9 Å². The summed E-state index contributed by atoms with van der Waals surface area (Å²) in [7, 11) is -3.78. The quantitative estimate of drug-likeness (QED) is 0.706. The molecule has 8 heteroatoms. The molecule has 7 nitrogen and oxygen atoms in total. The first kappa shape index (κ1) is 17.9. The molecule has 3 rings (SSSR count). The second kappa shape index (κ2) is 6.80. The molecule has 0 atom stereocenters. The van der Waals surface area contributed by atoms with Gasteiger partial charge in [0.1, 0.15) is 11.5 Å². The van der Waals surface area contributed by atoms with E-state index in [2.05, 4.69) is 20.2 Å². The van der Waals surface area contributed by atoms with Gasteiger partial charge in [0.25, 0.3) is 10.0 Å². The molecule has 0 unspecified atom stereocenters. The fraction of sp³-hybridized carbons (Fsp3) is 0.222. The molecule has 0 aliphatic heterocycles. The van der Waals surface area contributed by atoms with E-state index in [0.717, 1.165) is 16.8 Å². The van der Waals surface area contributed by atoms with Crippen LogP contribution in [0.1, 0.15) is 22.6 Å². The van der Waals surface area contributed by atoms with Gasteiger partial charge in [0, 0.05) is 5.69 Å². The number of hydrogen-bond acceptors (Lipinski definition) is 6.